The van der Waals surface area contributed by atoms with Crippen LogP contribution in [0.4, 0.5) is 4.79 Å². The maximum Gasteiger partial charge on any atom is 0.435 e. The van der Waals surface area contributed by atoms with E-state index in [1.54, 1.807) is 26.0 Å². The Kier molecular flexibility index (Phi) is 10.8. The van der Waals surface area contributed by atoms with Crippen molar-refractivity contribution >= 4 is 34.7 Å². The number of esters is 1. The summed E-state index contributed by atoms with van der Waals surface area (Å²) < 4.78 is 11.7. The second kappa shape index (κ2) is 13.3. The highest BCUT2D eigenvalue weighted by Gasteiger charge is 2.49. The zero-order valence-electron chi connectivity index (χ0n) is 18.5. The van der Waals surface area contributed by atoms with E-state index >= 15 is 0 Å². The molecule has 0 unspecified atom stereocenters. The van der Waals surface area contributed by atoms with Gasteiger partial charge in [-0.3, -0.25) is 4.84 Å². The van der Waals surface area contributed by atoms with E-state index in [1.807, 2.05) is 30.3 Å². The molecule has 0 spiro atoms. The molecule has 0 aliphatic heterocycles. The molecule has 1 atom stereocenters. The van der Waals surface area contributed by atoms with E-state index in [0.29, 0.717) is 6.42 Å². The average molecular weight is 555 g/mol. The van der Waals surface area contributed by atoms with E-state index in [2.05, 4.69) is 22.6 Å². The molecule has 0 fully saturated rings. The summed E-state index contributed by atoms with van der Waals surface area (Å²) in [7, 11) is 0. The van der Waals surface area contributed by atoms with Gasteiger partial charge in [-0.15, -0.1) is 0 Å². The lowest BCUT2D eigenvalue weighted by atomic mass is 9.87. The molecule has 0 aliphatic rings. The number of alkyl halides is 1. The third-order valence-corrected chi connectivity index (χ3v) is 5.69. The van der Waals surface area contributed by atoms with Crippen LogP contribution in [0.25, 0.3) is 0 Å². The summed E-state index contributed by atoms with van der Waals surface area (Å²) in [5.74, 6) is -0.453. The minimum atomic E-state index is -1.42. The summed E-state index contributed by atoms with van der Waals surface area (Å²) in [5, 5.41) is 10.7. The molecule has 2 aromatic rings. The number of carbonyl (C=O) groups is 2. The standard InChI is InChI=1S/C24H30INO6/c1-3-24(22(28)30-4-2,17-19-11-13-21(27)14-12-19)26(32-16-8-15-25)23(29)31-18-20-9-6-5-7-10-20/h5-7,9-14,27H,3-4,8,15-18H2,1-2H3/t24-/m0/s1. The third-order valence-electron chi connectivity index (χ3n) is 4.93. The van der Waals surface area contributed by atoms with Gasteiger partial charge in [-0.25, -0.2) is 9.59 Å². The van der Waals surface area contributed by atoms with Gasteiger partial charge >= 0.3 is 12.1 Å². The number of halogens is 1. The van der Waals surface area contributed by atoms with E-state index in [9.17, 15) is 14.7 Å². The summed E-state index contributed by atoms with van der Waals surface area (Å²) in [6.07, 6.45) is 0.339. The van der Waals surface area contributed by atoms with Crippen LogP contribution in [0.15, 0.2) is 54.6 Å². The number of phenols is 1. The second-order valence-corrected chi connectivity index (χ2v) is 8.24. The lowest BCUT2D eigenvalue weighted by Gasteiger charge is -2.39. The molecule has 0 heterocycles. The van der Waals surface area contributed by atoms with E-state index in [-0.39, 0.29) is 38.4 Å². The zero-order chi connectivity index (χ0) is 23.4. The number of ether oxygens (including phenoxy) is 2. The molecule has 174 valence electrons. The van der Waals surface area contributed by atoms with Crippen molar-refractivity contribution in [2.75, 3.05) is 17.6 Å². The van der Waals surface area contributed by atoms with Gasteiger partial charge in [0.05, 0.1) is 13.2 Å². The molecule has 2 aromatic carbocycles. The number of rotatable bonds is 12. The lowest BCUT2D eigenvalue weighted by molar-refractivity contribution is -0.214. The Morgan fingerprint density at radius 1 is 1.00 bits per heavy atom. The van der Waals surface area contributed by atoms with Gasteiger partial charge in [0.25, 0.3) is 0 Å². The van der Waals surface area contributed by atoms with Gasteiger partial charge in [0.2, 0.25) is 0 Å². The molecule has 0 saturated carbocycles. The maximum atomic E-state index is 13.2. The van der Waals surface area contributed by atoms with Gasteiger partial charge in [-0.2, -0.15) is 5.06 Å². The van der Waals surface area contributed by atoms with Crippen molar-refractivity contribution in [3.63, 3.8) is 0 Å². The Balaban J connectivity index is 2.37. The smallest absolute Gasteiger partial charge is 0.435 e. The van der Waals surface area contributed by atoms with Crippen molar-refractivity contribution in [1.29, 1.82) is 0 Å². The van der Waals surface area contributed by atoms with E-state index in [1.165, 1.54) is 12.1 Å². The molecule has 1 amide bonds. The summed E-state index contributed by atoms with van der Waals surface area (Å²) >= 11 is 2.22. The van der Waals surface area contributed by atoms with Gasteiger partial charge in [-0.05, 0) is 43.0 Å². The van der Waals surface area contributed by atoms with Crippen molar-refractivity contribution < 1.29 is 29.0 Å². The topological polar surface area (TPSA) is 85.3 Å². The van der Waals surface area contributed by atoms with Crippen molar-refractivity contribution in [2.24, 2.45) is 0 Å². The molecule has 32 heavy (non-hydrogen) atoms. The number of hydrogen-bond donors (Lipinski definition) is 1. The summed E-state index contributed by atoms with van der Waals surface area (Å²) in [6, 6.07) is 15.8. The van der Waals surface area contributed by atoms with Crippen LogP contribution >= 0.6 is 22.6 Å². The molecule has 0 radical (unpaired) electrons. The largest absolute Gasteiger partial charge is 0.508 e. The van der Waals surface area contributed by atoms with Gasteiger partial charge in [-0.1, -0.05) is 72.0 Å². The van der Waals surface area contributed by atoms with Crippen LogP contribution in [0.5, 0.6) is 5.75 Å². The zero-order valence-corrected chi connectivity index (χ0v) is 20.6. The first-order valence-corrected chi connectivity index (χ1v) is 12.1. The highest BCUT2D eigenvalue weighted by Crippen LogP contribution is 2.29. The monoisotopic (exact) mass is 555 g/mol. The predicted molar refractivity (Wildman–Crippen MR) is 129 cm³/mol. The van der Waals surface area contributed by atoms with E-state index < -0.39 is 17.6 Å². The van der Waals surface area contributed by atoms with Gasteiger partial charge < -0.3 is 14.6 Å². The molecule has 0 bridgehead atoms. The molecule has 0 aromatic heterocycles. The summed E-state index contributed by atoms with van der Waals surface area (Å²) in [4.78, 5) is 32.3. The SMILES string of the molecule is CCOC(=O)[C@](CC)(Cc1ccc(O)cc1)N(OCCCI)C(=O)OCc1ccccc1. The Bertz CT molecular complexity index is 845. The highest BCUT2D eigenvalue weighted by molar-refractivity contribution is 14.1. The minimum Gasteiger partial charge on any atom is -0.508 e. The Morgan fingerprint density at radius 2 is 1.69 bits per heavy atom. The number of amides is 1. The molecule has 8 heteroatoms. The predicted octanol–water partition coefficient (Wildman–Crippen LogP) is 5.04. The van der Waals surface area contributed by atoms with Crippen molar-refractivity contribution in [3.8, 4) is 5.75 Å². The van der Waals surface area contributed by atoms with E-state index in [4.69, 9.17) is 14.3 Å². The van der Waals surface area contributed by atoms with Crippen molar-refractivity contribution in [2.45, 2.75) is 45.3 Å². The highest BCUT2D eigenvalue weighted by atomic mass is 127. The van der Waals surface area contributed by atoms with Crippen molar-refractivity contribution in [1.82, 2.24) is 5.06 Å². The van der Waals surface area contributed by atoms with Crippen LogP contribution in [0, 0.1) is 0 Å². The fraction of sp³-hybridized carbons (Fsp3) is 0.417. The van der Waals surface area contributed by atoms with Crippen molar-refractivity contribution in [3.05, 3.63) is 65.7 Å². The number of carbonyl (C=O) groups excluding carboxylic acids is 2. The summed E-state index contributed by atoms with van der Waals surface area (Å²) in [6.45, 7) is 3.98. The number of benzene rings is 2. The molecule has 7 nitrogen and oxygen atoms in total. The number of hydroxylamine groups is 2. The number of hydrogen-bond acceptors (Lipinski definition) is 6. The molecular weight excluding hydrogens is 525 g/mol. The fourth-order valence-corrected chi connectivity index (χ4v) is 3.51. The van der Waals surface area contributed by atoms with Crippen LogP contribution < -0.4 is 0 Å². The Labute approximate surface area is 202 Å². The quantitative estimate of drug-likeness (QED) is 0.130. The van der Waals surface area contributed by atoms with Crippen LogP contribution in [0.2, 0.25) is 0 Å². The molecule has 0 saturated heterocycles. The number of phenolic OH excluding ortho intramolecular Hbond substituents is 1. The number of aromatic hydroxyl groups is 1. The first-order chi connectivity index (χ1) is 15.5. The first kappa shape index (κ1) is 25.9. The molecule has 0 aliphatic carbocycles. The lowest BCUT2D eigenvalue weighted by Crippen LogP contribution is -2.59. The molecule has 1 N–H and O–H groups in total. The van der Waals surface area contributed by atoms with Crippen LogP contribution in [0.3, 0.4) is 0 Å². The van der Waals surface area contributed by atoms with Gasteiger partial charge in [0.15, 0.2) is 5.54 Å². The second-order valence-electron chi connectivity index (χ2n) is 7.16. The third kappa shape index (κ3) is 7.09. The molecule has 2 rings (SSSR count). The van der Waals surface area contributed by atoms with Crippen LogP contribution in [-0.4, -0.2) is 45.4 Å². The van der Waals surface area contributed by atoms with Gasteiger partial charge in [0, 0.05) is 10.8 Å². The van der Waals surface area contributed by atoms with Crippen LogP contribution in [-0.2, 0) is 32.1 Å². The van der Waals surface area contributed by atoms with Crippen LogP contribution in [0.1, 0.15) is 37.8 Å². The fourth-order valence-electron chi connectivity index (χ4n) is 3.20. The Morgan fingerprint density at radius 3 is 2.28 bits per heavy atom. The maximum absolute atomic E-state index is 13.2. The average Bonchev–Trinajstić information content (AvgIpc) is 2.81. The molecular formula is C24H30INO6. The minimum absolute atomic E-state index is 0.0493. The normalized spacial score (nSPS) is 12.6. The first-order valence-electron chi connectivity index (χ1n) is 10.6. The number of nitrogens with zero attached hydrogens (tertiary/aromatic N) is 1. The summed E-state index contributed by atoms with van der Waals surface area (Å²) in [5.41, 5.74) is 0.146. The van der Waals surface area contributed by atoms with E-state index in [0.717, 1.165) is 20.6 Å². The van der Waals surface area contributed by atoms with Gasteiger partial charge in [0.1, 0.15) is 12.4 Å². The Hall–Kier alpha value is -2.33.